The number of hydrogen-bond donors (Lipinski definition) is 1. The minimum absolute atomic E-state index is 0.0261. The number of carbonyl (C=O) groups excluding carboxylic acids is 1. The minimum atomic E-state index is -1.42. The van der Waals surface area contributed by atoms with E-state index >= 15 is 0 Å². The van der Waals surface area contributed by atoms with Crippen molar-refractivity contribution in [2.24, 2.45) is 0 Å². The number of aromatic nitrogens is 2. The number of nitrogens with zero attached hydrogens (tertiary/aromatic N) is 3. The molecule has 9 nitrogen and oxygen atoms in total. The third-order valence-corrected chi connectivity index (χ3v) is 6.40. The number of carboxylic acid groups (broad SMARTS) is 1. The summed E-state index contributed by atoms with van der Waals surface area (Å²) in [4.78, 5) is 30.2. The van der Waals surface area contributed by atoms with Gasteiger partial charge >= 0.3 is 5.97 Å². The molecule has 1 atom stereocenters. The van der Waals surface area contributed by atoms with E-state index in [1.807, 2.05) is 24.3 Å². The summed E-state index contributed by atoms with van der Waals surface area (Å²) in [6.45, 7) is 2.22. The van der Waals surface area contributed by atoms with Gasteiger partial charge in [0, 0.05) is 36.6 Å². The summed E-state index contributed by atoms with van der Waals surface area (Å²) in [5.41, 5.74) is 1.51. The molecule has 0 spiro atoms. The van der Waals surface area contributed by atoms with E-state index in [1.165, 1.54) is 0 Å². The summed E-state index contributed by atoms with van der Waals surface area (Å²) in [7, 11) is 1.59. The molecule has 1 aliphatic rings. The molecule has 1 aromatic heterocycles. The highest BCUT2D eigenvalue weighted by atomic mass is 19.1. The fourth-order valence-corrected chi connectivity index (χ4v) is 4.41. The number of carbonyl (C=O) groups is 2. The van der Waals surface area contributed by atoms with Crippen molar-refractivity contribution in [1.82, 2.24) is 15.0 Å². The molecule has 1 saturated heterocycles. The Labute approximate surface area is 217 Å². The van der Waals surface area contributed by atoms with Crippen molar-refractivity contribution in [2.45, 2.75) is 25.8 Å². The molecule has 0 bridgehead atoms. The van der Waals surface area contributed by atoms with Gasteiger partial charge in [-0.2, -0.15) is 4.98 Å². The third-order valence-electron chi connectivity index (χ3n) is 6.40. The number of halogens is 1. The molecule has 2 heterocycles. The van der Waals surface area contributed by atoms with Crippen LogP contribution in [-0.2, 0) is 11.3 Å². The minimum Gasteiger partial charge on any atom is -0.497 e. The van der Waals surface area contributed by atoms with Gasteiger partial charge in [-0.25, -0.2) is 9.18 Å². The lowest BCUT2D eigenvalue weighted by molar-refractivity contribution is -0.128. The van der Waals surface area contributed by atoms with Gasteiger partial charge in [-0.3, -0.25) is 4.79 Å². The zero-order valence-corrected chi connectivity index (χ0v) is 20.7. The van der Waals surface area contributed by atoms with Gasteiger partial charge in [0.1, 0.15) is 23.1 Å². The molecule has 0 radical (unpaired) electrons. The van der Waals surface area contributed by atoms with Crippen LogP contribution in [0.15, 0.2) is 65.2 Å². The van der Waals surface area contributed by atoms with Gasteiger partial charge in [-0.15, -0.1) is 0 Å². The van der Waals surface area contributed by atoms with E-state index in [9.17, 15) is 19.1 Å². The number of aryl methyl sites for hydroxylation is 1. The van der Waals surface area contributed by atoms with Crippen LogP contribution in [-0.4, -0.2) is 45.7 Å². The van der Waals surface area contributed by atoms with Gasteiger partial charge in [0.15, 0.2) is 5.82 Å². The van der Waals surface area contributed by atoms with Crippen molar-refractivity contribution in [3.63, 3.8) is 0 Å². The molecule has 1 amide bonds. The van der Waals surface area contributed by atoms with Crippen molar-refractivity contribution >= 4 is 11.9 Å². The Balaban J connectivity index is 1.38. The van der Waals surface area contributed by atoms with Crippen LogP contribution in [0, 0.1) is 12.7 Å². The standard InChI is InChI=1S/C28H24FN3O6/c1-16-30-27(38-31-16)18-5-9-22(10-6-18)37-25-13-23(28(34)35)24(29)11-20(25)15-32-14-19(12-26(32)33)17-3-7-21(36-2)8-4-17/h3-11,13,19H,12,14-15H2,1-2H3,(H,34,35). The molecule has 194 valence electrons. The molecule has 10 heteroatoms. The number of rotatable bonds is 8. The summed E-state index contributed by atoms with van der Waals surface area (Å²) < 4.78 is 31.0. The monoisotopic (exact) mass is 517 g/mol. The summed E-state index contributed by atoms with van der Waals surface area (Å²) in [6, 6.07) is 16.5. The second-order valence-corrected chi connectivity index (χ2v) is 8.97. The lowest BCUT2D eigenvalue weighted by Gasteiger charge is -2.20. The van der Waals surface area contributed by atoms with E-state index in [0.717, 1.165) is 23.4 Å². The molecule has 0 aliphatic carbocycles. The first kappa shape index (κ1) is 24.9. The molecule has 1 unspecified atom stereocenters. The first-order chi connectivity index (χ1) is 18.3. The highest BCUT2D eigenvalue weighted by Crippen LogP contribution is 2.34. The van der Waals surface area contributed by atoms with Crippen LogP contribution in [0.25, 0.3) is 11.5 Å². The van der Waals surface area contributed by atoms with E-state index in [4.69, 9.17) is 14.0 Å². The van der Waals surface area contributed by atoms with E-state index < -0.39 is 17.3 Å². The molecule has 1 aliphatic heterocycles. The Morgan fingerprint density at radius 2 is 1.84 bits per heavy atom. The number of benzene rings is 3. The largest absolute Gasteiger partial charge is 0.497 e. The quantitative estimate of drug-likeness (QED) is 0.339. The summed E-state index contributed by atoms with van der Waals surface area (Å²) in [6.07, 6.45) is 0.314. The van der Waals surface area contributed by atoms with Gasteiger partial charge in [-0.05, 0) is 61.0 Å². The lowest BCUT2D eigenvalue weighted by Crippen LogP contribution is -2.25. The van der Waals surface area contributed by atoms with E-state index in [-0.39, 0.29) is 24.1 Å². The van der Waals surface area contributed by atoms with Crippen LogP contribution < -0.4 is 9.47 Å². The predicted octanol–water partition coefficient (Wildman–Crippen LogP) is 5.20. The molecule has 1 fully saturated rings. The first-order valence-corrected chi connectivity index (χ1v) is 11.9. The Morgan fingerprint density at radius 1 is 1.13 bits per heavy atom. The van der Waals surface area contributed by atoms with Gasteiger partial charge < -0.3 is 24.0 Å². The van der Waals surface area contributed by atoms with Crippen LogP contribution in [0.2, 0.25) is 0 Å². The predicted molar refractivity (Wildman–Crippen MR) is 134 cm³/mol. The summed E-state index contributed by atoms with van der Waals surface area (Å²) >= 11 is 0. The second kappa shape index (κ2) is 10.3. The van der Waals surface area contributed by atoms with Crippen LogP contribution in [0.5, 0.6) is 17.2 Å². The van der Waals surface area contributed by atoms with Crippen molar-refractivity contribution in [2.75, 3.05) is 13.7 Å². The van der Waals surface area contributed by atoms with Crippen molar-refractivity contribution < 1.29 is 33.1 Å². The molecule has 5 rings (SSSR count). The molecule has 3 aromatic carbocycles. The van der Waals surface area contributed by atoms with E-state index in [0.29, 0.717) is 41.6 Å². The number of ether oxygens (including phenoxy) is 2. The van der Waals surface area contributed by atoms with E-state index in [2.05, 4.69) is 10.1 Å². The Kier molecular flexibility index (Phi) is 6.78. The Bertz CT molecular complexity index is 1480. The molecular formula is C28H24FN3O6. The van der Waals surface area contributed by atoms with Gasteiger partial charge in [0.25, 0.3) is 5.89 Å². The molecule has 38 heavy (non-hydrogen) atoms. The Morgan fingerprint density at radius 3 is 2.47 bits per heavy atom. The highest BCUT2D eigenvalue weighted by Gasteiger charge is 2.31. The van der Waals surface area contributed by atoms with Crippen LogP contribution in [0.1, 0.15) is 39.6 Å². The number of methoxy groups -OCH3 is 1. The maximum atomic E-state index is 14.7. The van der Waals surface area contributed by atoms with Crippen molar-refractivity contribution in [3.8, 4) is 28.7 Å². The molecular weight excluding hydrogens is 493 g/mol. The summed E-state index contributed by atoms with van der Waals surface area (Å²) in [5, 5.41) is 13.2. The maximum Gasteiger partial charge on any atom is 0.338 e. The SMILES string of the molecule is COc1ccc(C2CC(=O)N(Cc3cc(F)c(C(=O)O)cc3Oc3ccc(-c4nc(C)no4)cc3)C2)cc1. The summed E-state index contributed by atoms with van der Waals surface area (Å²) in [5.74, 6) is -0.319. The topological polar surface area (TPSA) is 115 Å². The number of carboxylic acids is 1. The van der Waals surface area contributed by atoms with Gasteiger partial charge in [-0.1, -0.05) is 17.3 Å². The van der Waals surface area contributed by atoms with Crippen molar-refractivity contribution in [3.05, 3.63) is 89.0 Å². The van der Waals surface area contributed by atoms with Gasteiger partial charge in [0.2, 0.25) is 5.91 Å². The normalized spacial score (nSPS) is 15.1. The number of amides is 1. The third kappa shape index (κ3) is 5.19. The average Bonchev–Trinajstić information content (AvgIpc) is 3.51. The second-order valence-electron chi connectivity index (χ2n) is 8.97. The molecule has 4 aromatic rings. The molecule has 1 N–H and O–H groups in total. The highest BCUT2D eigenvalue weighted by molar-refractivity contribution is 5.88. The average molecular weight is 518 g/mol. The maximum absolute atomic E-state index is 14.7. The smallest absolute Gasteiger partial charge is 0.338 e. The Hall–Kier alpha value is -4.73. The zero-order chi connectivity index (χ0) is 26.8. The first-order valence-electron chi connectivity index (χ1n) is 11.9. The van der Waals surface area contributed by atoms with Gasteiger partial charge in [0.05, 0.1) is 12.7 Å². The van der Waals surface area contributed by atoms with Crippen LogP contribution >= 0.6 is 0 Å². The fraction of sp³-hybridized carbons (Fsp3) is 0.214. The van der Waals surface area contributed by atoms with Crippen LogP contribution in [0.3, 0.4) is 0 Å². The molecule has 0 saturated carbocycles. The van der Waals surface area contributed by atoms with Crippen LogP contribution in [0.4, 0.5) is 4.39 Å². The van der Waals surface area contributed by atoms with Crippen molar-refractivity contribution in [1.29, 1.82) is 0 Å². The number of likely N-dealkylation sites (tertiary alicyclic amines) is 1. The number of hydrogen-bond acceptors (Lipinski definition) is 7. The lowest BCUT2D eigenvalue weighted by atomic mass is 9.98. The van der Waals surface area contributed by atoms with E-state index in [1.54, 1.807) is 43.2 Å². The zero-order valence-electron chi connectivity index (χ0n) is 20.7. The fourth-order valence-electron chi connectivity index (χ4n) is 4.41. The number of aromatic carboxylic acids is 1.